The number of furan rings is 1. The summed E-state index contributed by atoms with van der Waals surface area (Å²) >= 11 is 0. The largest absolute Gasteiger partial charge is 0.437 e. The van der Waals surface area contributed by atoms with Crippen LogP contribution in [0.4, 0.5) is 5.88 Å². The molecule has 1 rings (SSSR count). The van der Waals surface area contributed by atoms with Gasteiger partial charge >= 0.3 is 0 Å². The van der Waals surface area contributed by atoms with E-state index in [0.717, 1.165) is 31.7 Å². The van der Waals surface area contributed by atoms with Crippen molar-refractivity contribution in [2.24, 2.45) is 0 Å². The minimum Gasteiger partial charge on any atom is -0.437 e. The summed E-state index contributed by atoms with van der Waals surface area (Å²) in [6.07, 6.45) is 3.37. The van der Waals surface area contributed by atoms with E-state index in [1.165, 1.54) is 6.92 Å². The normalized spacial score (nSPS) is 12.5. The molecular formula is C14H23NO2. The number of anilines is 1. The van der Waals surface area contributed by atoms with Gasteiger partial charge in [0, 0.05) is 25.6 Å². The minimum atomic E-state index is -0.0177. The van der Waals surface area contributed by atoms with Gasteiger partial charge in [0.25, 0.3) is 0 Å². The van der Waals surface area contributed by atoms with Gasteiger partial charge in [0.05, 0.1) is 0 Å². The van der Waals surface area contributed by atoms with Crippen molar-refractivity contribution in [3.05, 3.63) is 17.9 Å². The highest BCUT2D eigenvalue weighted by Crippen LogP contribution is 2.22. The highest BCUT2D eigenvalue weighted by Gasteiger charge is 2.17. The number of hydrogen-bond acceptors (Lipinski definition) is 3. The fourth-order valence-electron chi connectivity index (χ4n) is 1.77. The van der Waals surface area contributed by atoms with Crippen LogP contribution in [0.2, 0.25) is 0 Å². The minimum absolute atomic E-state index is 0.0177. The van der Waals surface area contributed by atoms with Crippen LogP contribution in [0.3, 0.4) is 0 Å². The number of nitrogens with zero attached hydrogens (tertiary/aromatic N) is 1. The second-order valence-electron chi connectivity index (χ2n) is 4.50. The summed E-state index contributed by atoms with van der Waals surface area (Å²) in [6.45, 7) is 9.04. The first-order valence-electron chi connectivity index (χ1n) is 6.47. The van der Waals surface area contributed by atoms with Crippen LogP contribution in [0.1, 0.15) is 57.5 Å². The van der Waals surface area contributed by atoms with E-state index in [-0.39, 0.29) is 5.78 Å². The molecule has 0 aliphatic rings. The van der Waals surface area contributed by atoms with Gasteiger partial charge < -0.3 is 9.32 Å². The Hall–Kier alpha value is -1.25. The lowest BCUT2D eigenvalue weighted by atomic mass is 10.2. The van der Waals surface area contributed by atoms with E-state index in [1.54, 1.807) is 6.07 Å². The molecule has 0 bridgehead atoms. The molecular weight excluding hydrogens is 214 g/mol. The van der Waals surface area contributed by atoms with Gasteiger partial charge in [-0.15, -0.1) is 0 Å². The molecule has 17 heavy (non-hydrogen) atoms. The van der Waals surface area contributed by atoms with Crippen molar-refractivity contribution in [2.75, 3.05) is 11.4 Å². The SMILES string of the molecule is CCCCN(c1ccc(C(C)=O)o1)C(C)CC. The summed E-state index contributed by atoms with van der Waals surface area (Å²) in [5.41, 5.74) is 0. The lowest BCUT2D eigenvalue weighted by Crippen LogP contribution is -2.33. The molecule has 0 N–H and O–H groups in total. The van der Waals surface area contributed by atoms with Crippen LogP contribution in [0.15, 0.2) is 16.5 Å². The molecule has 1 aromatic rings. The fourth-order valence-corrected chi connectivity index (χ4v) is 1.77. The van der Waals surface area contributed by atoms with Gasteiger partial charge in [0.15, 0.2) is 17.4 Å². The smallest absolute Gasteiger partial charge is 0.196 e. The molecule has 0 fully saturated rings. The lowest BCUT2D eigenvalue weighted by Gasteiger charge is -2.28. The predicted molar refractivity (Wildman–Crippen MR) is 70.7 cm³/mol. The quantitative estimate of drug-likeness (QED) is 0.675. The Morgan fingerprint density at radius 3 is 2.59 bits per heavy atom. The van der Waals surface area contributed by atoms with Crippen LogP contribution in [-0.2, 0) is 0 Å². The molecule has 3 heteroatoms. The standard InChI is InChI=1S/C14H23NO2/c1-5-7-10-15(11(3)6-2)14-9-8-13(17-14)12(4)16/h8-9,11H,5-7,10H2,1-4H3. The number of unbranched alkanes of at least 4 members (excludes halogenated alkanes) is 1. The van der Waals surface area contributed by atoms with Gasteiger partial charge in [-0.2, -0.15) is 0 Å². The van der Waals surface area contributed by atoms with Crippen LogP contribution >= 0.6 is 0 Å². The van der Waals surface area contributed by atoms with Crippen molar-refractivity contribution in [2.45, 2.75) is 53.0 Å². The number of hydrogen-bond donors (Lipinski definition) is 0. The van der Waals surface area contributed by atoms with E-state index in [0.29, 0.717) is 11.8 Å². The third-order valence-corrected chi connectivity index (χ3v) is 3.10. The second kappa shape index (κ2) is 6.48. The molecule has 3 nitrogen and oxygen atoms in total. The number of carbonyl (C=O) groups is 1. The van der Waals surface area contributed by atoms with Gasteiger partial charge in [-0.25, -0.2) is 0 Å². The molecule has 0 aliphatic heterocycles. The maximum atomic E-state index is 11.2. The van der Waals surface area contributed by atoms with E-state index in [2.05, 4.69) is 25.7 Å². The van der Waals surface area contributed by atoms with E-state index in [4.69, 9.17) is 4.42 Å². The predicted octanol–water partition coefficient (Wildman–Crippen LogP) is 3.89. The topological polar surface area (TPSA) is 33.5 Å². The average molecular weight is 237 g/mol. The molecule has 0 amide bonds. The van der Waals surface area contributed by atoms with E-state index in [1.807, 2.05) is 6.07 Å². The Labute approximate surface area is 104 Å². The summed E-state index contributed by atoms with van der Waals surface area (Å²) in [5.74, 6) is 1.25. The van der Waals surface area contributed by atoms with Crippen LogP contribution in [0.25, 0.3) is 0 Å². The highest BCUT2D eigenvalue weighted by atomic mass is 16.4. The van der Waals surface area contributed by atoms with E-state index in [9.17, 15) is 4.79 Å². The maximum absolute atomic E-state index is 11.2. The van der Waals surface area contributed by atoms with Crippen molar-refractivity contribution in [3.8, 4) is 0 Å². The van der Waals surface area contributed by atoms with Crippen LogP contribution in [-0.4, -0.2) is 18.4 Å². The first-order valence-corrected chi connectivity index (χ1v) is 6.47. The Bertz CT molecular complexity index is 357. The second-order valence-corrected chi connectivity index (χ2v) is 4.50. The lowest BCUT2D eigenvalue weighted by molar-refractivity contribution is 0.0987. The van der Waals surface area contributed by atoms with Crippen LogP contribution in [0.5, 0.6) is 0 Å². The van der Waals surface area contributed by atoms with E-state index >= 15 is 0 Å². The number of carbonyl (C=O) groups excluding carboxylic acids is 1. The summed E-state index contributed by atoms with van der Waals surface area (Å²) in [4.78, 5) is 13.5. The average Bonchev–Trinajstić information content (AvgIpc) is 2.78. The maximum Gasteiger partial charge on any atom is 0.196 e. The zero-order valence-corrected chi connectivity index (χ0v) is 11.3. The Balaban J connectivity index is 2.83. The summed E-state index contributed by atoms with van der Waals surface area (Å²) in [6, 6.07) is 4.10. The Kier molecular flexibility index (Phi) is 5.26. The molecule has 1 aromatic heterocycles. The van der Waals surface area contributed by atoms with Gasteiger partial charge in [0.1, 0.15) is 0 Å². The van der Waals surface area contributed by atoms with Crippen molar-refractivity contribution in [1.29, 1.82) is 0 Å². The first kappa shape index (κ1) is 13.8. The first-order chi connectivity index (χ1) is 8.10. The molecule has 1 unspecified atom stereocenters. The van der Waals surface area contributed by atoms with Crippen molar-refractivity contribution >= 4 is 11.7 Å². The Morgan fingerprint density at radius 2 is 2.12 bits per heavy atom. The van der Waals surface area contributed by atoms with Gasteiger partial charge in [-0.3, -0.25) is 4.79 Å². The summed E-state index contributed by atoms with van der Waals surface area (Å²) in [5, 5.41) is 0. The highest BCUT2D eigenvalue weighted by molar-refractivity contribution is 5.91. The summed E-state index contributed by atoms with van der Waals surface area (Å²) in [7, 11) is 0. The molecule has 0 saturated heterocycles. The molecule has 1 atom stereocenters. The van der Waals surface area contributed by atoms with Crippen LogP contribution in [0, 0.1) is 0 Å². The summed E-state index contributed by atoms with van der Waals surface area (Å²) < 4.78 is 5.60. The fraction of sp³-hybridized carbons (Fsp3) is 0.643. The third-order valence-electron chi connectivity index (χ3n) is 3.10. The third kappa shape index (κ3) is 3.62. The van der Waals surface area contributed by atoms with Crippen LogP contribution < -0.4 is 4.90 Å². The number of ketones is 1. The molecule has 1 heterocycles. The van der Waals surface area contributed by atoms with Crippen molar-refractivity contribution < 1.29 is 9.21 Å². The number of Topliss-reactive ketones (excluding diaryl/α,β-unsaturated/α-hetero) is 1. The Morgan fingerprint density at radius 1 is 1.41 bits per heavy atom. The molecule has 0 aromatic carbocycles. The number of rotatable bonds is 7. The molecule has 0 radical (unpaired) electrons. The molecule has 0 saturated carbocycles. The van der Waals surface area contributed by atoms with Gasteiger partial charge in [-0.1, -0.05) is 20.3 Å². The van der Waals surface area contributed by atoms with Crippen molar-refractivity contribution in [1.82, 2.24) is 0 Å². The van der Waals surface area contributed by atoms with Gasteiger partial charge in [-0.05, 0) is 25.8 Å². The van der Waals surface area contributed by atoms with E-state index < -0.39 is 0 Å². The zero-order chi connectivity index (χ0) is 12.8. The van der Waals surface area contributed by atoms with Gasteiger partial charge in [0.2, 0.25) is 0 Å². The molecule has 0 spiro atoms. The molecule has 0 aliphatic carbocycles. The van der Waals surface area contributed by atoms with Crippen molar-refractivity contribution in [3.63, 3.8) is 0 Å². The zero-order valence-electron chi connectivity index (χ0n) is 11.3. The monoisotopic (exact) mass is 237 g/mol. The molecule has 96 valence electrons.